The molecule has 0 saturated heterocycles. The molecule has 0 bridgehead atoms. The molecule has 6 nitrogen and oxygen atoms in total. The van der Waals surface area contributed by atoms with Crippen LogP contribution >= 0.6 is 0 Å². The van der Waals surface area contributed by atoms with Crippen LogP contribution in [-0.2, 0) is 28.6 Å². The third kappa shape index (κ3) is 67.5. The van der Waals surface area contributed by atoms with Crippen molar-refractivity contribution in [3.8, 4) is 0 Å². The van der Waals surface area contributed by atoms with E-state index in [0.29, 0.717) is 19.3 Å². The molecular formula is C75H134O6. The quantitative estimate of drug-likeness (QED) is 0.0261. The van der Waals surface area contributed by atoms with Crippen LogP contribution in [-0.4, -0.2) is 37.2 Å². The minimum Gasteiger partial charge on any atom is -0.462 e. The van der Waals surface area contributed by atoms with Gasteiger partial charge in [0.1, 0.15) is 13.2 Å². The fraction of sp³-hybridized carbons (Fsp3) is 0.800. The molecule has 0 rings (SSSR count). The zero-order chi connectivity index (χ0) is 58.5. The van der Waals surface area contributed by atoms with Gasteiger partial charge in [-0.3, -0.25) is 14.4 Å². The van der Waals surface area contributed by atoms with Gasteiger partial charge in [-0.05, 0) is 103 Å². The number of allylic oxidation sites excluding steroid dienone is 12. The fourth-order valence-corrected chi connectivity index (χ4v) is 10.4. The molecule has 0 spiro atoms. The summed E-state index contributed by atoms with van der Waals surface area (Å²) in [5.41, 5.74) is 0. The van der Waals surface area contributed by atoms with Gasteiger partial charge in [0.15, 0.2) is 6.10 Å². The highest BCUT2D eigenvalue weighted by Crippen LogP contribution is 2.18. The van der Waals surface area contributed by atoms with Crippen molar-refractivity contribution < 1.29 is 28.6 Å². The average molecular weight is 1130 g/mol. The van der Waals surface area contributed by atoms with Crippen molar-refractivity contribution in [1.29, 1.82) is 0 Å². The molecule has 81 heavy (non-hydrogen) atoms. The largest absolute Gasteiger partial charge is 0.462 e. The number of carbonyl (C=O) groups excluding carboxylic acids is 3. The Hall–Kier alpha value is -3.15. The minimum absolute atomic E-state index is 0.0753. The van der Waals surface area contributed by atoms with Crippen LogP contribution in [0.4, 0.5) is 0 Å². The Morgan fingerprint density at radius 2 is 0.494 bits per heavy atom. The monoisotopic (exact) mass is 1130 g/mol. The molecule has 0 N–H and O–H groups in total. The lowest BCUT2D eigenvalue weighted by molar-refractivity contribution is -0.167. The van der Waals surface area contributed by atoms with Gasteiger partial charge in [0.2, 0.25) is 0 Å². The predicted molar refractivity (Wildman–Crippen MR) is 353 cm³/mol. The van der Waals surface area contributed by atoms with E-state index in [0.717, 1.165) is 89.9 Å². The van der Waals surface area contributed by atoms with Crippen LogP contribution < -0.4 is 0 Å². The molecule has 0 aliphatic rings. The van der Waals surface area contributed by atoms with Gasteiger partial charge in [0, 0.05) is 19.3 Å². The topological polar surface area (TPSA) is 78.9 Å². The van der Waals surface area contributed by atoms with E-state index in [1.54, 1.807) is 0 Å². The Labute approximate surface area is 503 Å². The van der Waals surface area contributed by atoms with Crippen molar-refractivity contribution in [3.63, 3.8) is 0 Å². The third-order valence-corrected chi connectivity index (χ3v) is 15.7. The lowest BCUT2D eigenvalue weighted by Crippen LogP contribution is -2.30. The van der Waals surface area contributed by atoms with Crippen LogP contribution in [0.1, 0.15) is 367 Å². The zero-order valence-corrected chi connectivity index (χ0v) is 54.1. The Morgan fingerprint density at radius 3 is 0.802 bits per heavy atom. The van der Waals surface area contributed by atoms with Crippen molar-refractivity contribution in [1.82, 2.24) is 0 Å². The SMILES string of the molecule is CC/C=C\C/C=C\C/C=C\C/C=C\CCCCCCCCCCCCCCC(=O)OC(COC(=O)CCCCCCC/C=C\CCCC)COC(=O)CCCCCCCCCCCCCCCCC/C=C\CCCCCCCCCC. The second-order valence-corrected chi connectivity index (χ2v) is 23.8. The van der Waals surface area contributed by atoms with Crippen molar-refractivity contribution in [2.75, 3.05) is 13.2 Å². The van der Waals surface area contributed by atoms with E-state index >= 15 is 0 Å². The molecule has 0 aromatic rings. The van der Waals surface area contributed by atoms with E-state index in [1.807, 2.05) is 0 Å². The van der Waals surface area contributed by atoms with Gasteiger partial charge in [0.05, 0.1) is 0 Å². The van der Waals surface area contributed by atoms with E-state index in [-0.39, 0.29) is 31.1 Å². The molecule has 6 heteroatoms. The molecule has 1 atom stereocenters. The van der Waals surface area contributed by atoms with Gasteiger partial charge in [0.25, 0.3) is 0 Å². The van der Waals surface area contributed by atoms with Crippen molar-refractivity contribution in [3.05, 3.63) is 72.9 Å². The van der Waals surface area contributed by atoms with Crippen LogP contribution in [0.3, 0.4) is 0 Å². The maximum atomic E-state index is 12.9. The number of ether oxygens (including phenoxy) is 3. The Balaban J connectivity index is 4.19. The highest BCUT2D eigenvalue weighted by Gasteiger charge is 2.19. The molecule has 0 aliphatic carbocycles. The van der Waals surface area contributed by atoms with Gasteiger partial charge < -0.3 is 14.2 Å². The molecule has 1 unspecified atom stereocenters. The fourth-order valence-electron chi connectivity index (χ4n) is 10.4. The first-order chi connectivity index (χ1) is 40.0. The Bertz CT molecular complexity index is 1490. The van der Waals surface area contributed by atoms with Crippen LogP contribution in [0, 0.1) is 0 Å². The second kappa shape index (κ2) is 69.3. The number of hydrogen-bond donors (Lipinski definition) is 0. The molecule has 0 radical (unpaired) electrons. The average Bonchev–Trinajstić information content (AvgIpc) is 3.47. The van der Waals surface area contributed by atoms with Gasteiger partial charge in [-0.15, -0.1) is 0 Å². The molecule has 470 valence electrons. The second-order valence-electron chi connectivity index (χ2n) is 23.8. The van der Waals surface area contributed by atoms with Gasteiger partial charge in [-0.2, -0.15) is 0 Å². The first-order valence-corrected chi connectivity index (χ1v) is 35.4. The van der Waals surface area contributed by atoms with Crippen LogP contribution in [0.15, 0.2) is 72.9 Å². The normalized spacial score (nSPS) is 12.5. The Kier molecular flexibility index (Phi) is 66.6. The van der Waals surface area contributed by atoms with E-state index in [9.17, 15) is 14.4 Å². The van der Waals surface area contributed by atoms with Crippen LogP contribution in [0.2, 0.25) is 0 Å². The summed E-state index contributed by atoms with van der Waals surface area (Å²) in [6.45, 7) is 6.53. The molecule has 0 fully saturated rings. The Morgan fingerprint density at radius 1 is 0.259 bits per heavy atom. The summed E-state index contributed by atoms with van der Waals surface area (Å²) >= 11 is 0. The lowest BCUT2D eigenvalue weighted by atomic mass is 10.0. The summed E-state index contributed by atoms with van der Waals surface area (Å²) in [5, 5.41) is 0. The molecule has 0 aromatic heterocycles. The number of esters is 3. The van der Waals surface area contributed by atoms with E-state index in [2.05, 4.69) is 93.7 Å². The van der Waals surface area contributed by atoms with Crippen LogP contribution in [0.5, 0.6) is 0 Å². The lowest BCUT2D eigenvalue weighted by Gasteiger charge is -2.18. The standard InChI is InChI=1S/C75H134O6/c1-4-7-10-13-16-19-22-24-26-28-30-32-34-36-37-39-40-42-44-46-48-50-53-56-59-62-65-68-74(77)80-71-72(70-79-73(76)67-64-61-58-55-52-21-18-15-12-9-6-3)81-75(78)69-66-63-60-57-54-51-49-47-45-43-41-38-35-33-31-29-27-25-23-20-17-14-11-8-5-2/h8,11,15,17-18,20,25,27-28,30-31,33,72H,4-7,9-10,12-14,16,19,21-24,26,29,32,34-71H2,1-3H3/b11-8-,18-15-,20-17-,27-25-,30-28-,33-31-. The summed E-state index contributed by atoms with van der Waals surface area (Å²) in [6, 6.07) is 0. The van der Waals surface area contributed by atoms with Crippen molar-refractivity contribution in [2.24, 2.45) is 0 Å². The zero-order valence-electron chi connectivity index (χ0n) is 54.1. The first-order valence-electron chi connectivity index (χ1n) is 35.4. The number of hydrogen-bond acceptors (Lipinski definition) is 6. The summed E-state index contributed by atoms with van der Waals surface area (Å²) < 4.78 is 17.0. The van der Waals surface area contributed by atoms with Gasteiger partial charge >= 0.3 is 17.9 Å². The summed E-state index contributed by atoms with van der Waals surface area (Å²) in [5.74, 6) is -0.868. The van der Waals surface area contributed by atoms with Gasteiger partial charge in [-0.1, -0.05) is 318 Å². The molecular weight excluding hydrogens is 997 g/mol. The summed E-state index contributed by atoms with van der Waals surface area (Å²) in [4.78, 5) is 38.4. The van der Waals surface area contributed by atoms with E-state index < -0.39 is 6.10 Å². The molecule has 0 heterocycles. The maximum absolute atomic E-state index is 12.9. The highest BCUT2D eigenvalue weighted by molar-refractivity contribution is 5.71. The smallest absolute Gasteiger partial charge is 0.306 e. The maximum Gasteiger partial charge on any atom is 0.306 e. The van der Waals surface area contributed by atoms with Gasteiger partial charge in [-0.25, -0.2) is 0 Å². The molecule has 0 amide bonds. The number of carbonyl (C=O) groups is 3. The molecule has 0 saturated carbocycles. The summed E-state index contributed by atoms with van der Waals surface area (Å²) in [6.07, 6.45) is 90.8. The van der Waals surface area contributed by atoms with Crippen molar-refractivity contribution in [2.45, 2.75) is 374 Å². The third-order valence-electron chi connectivity index (χ3n) is 15.7. The number of unbranched alkanes of at least 4 members (excludes halogenated alkanes) is 42. The highest BCUT2D eigenvalue weighted by atomic mass is 16.6. The predicted octanol–water partition coefficient (Wildman–Crippen LogP) is 24.4. The minimum atomic E-state index is -0.780. The van der Waals surface area contributed by atoms with Crippen LogP contribution in [0.25, 0.3) is 0 Å². The van der Waals surface area contributed by atoms with E-state index in [1.165, 1.54) is 238 Å². The first kappa shape index (κ1) is 77.9. The summed E-state index contributed by atoms with van der Waals surface area (Å²) in [7, 11) is 0. The van der Waals surface area contributed by atoms with E-state index in [4.69, 9.17) is 14.2 Å². The molecule has 0 aromatic carbocycles. The van der Waals surface area contributed by atoms with Crippen molar-refractivity contribution >= 4 is 17.9 Å². The number of rotatable bonds is 65. The molecule has 0 aliphatic heterocycles.